The lowest BCUT2D eigenvalue weighted by molar-refractivity contribution is 0.590. The summed E-state index contributed by atoms with van der Waals surface area (Å²) < 4.78 is 13.4. The molecule has 0 aliphatic heterocycles. The molecule has 0 fully saturated rings. The van der Waals surface area contributed by atoms with E-state index in [2.05, 4.69) is 23.5 Å². The number of aryl methyl sites for hydroxylation is 1. The van der Waals surface area contributed by atoms with E-state index >= 15 is 0 Å². The van der Waals surface area contributed by atoms with Crippen LogP contribution < -0.4 is 5.32 Å². The molecule has 0 bridgehead atoms. The number of nitrogens with one attached hydrogen (secondary N) is 1. The standard InChI is InChI=1S/C17H18FN/c1-11-10-12(6-8-16(11)18)13-4-3-5-15-14(13)7-9-17(15)19-2/h3-6,8,10,17,19H,7,9H2,1-2H3. The first-order valence-corrected chi connectivity index (χ1v) is 6.76. The van der Waals surface area contributed by atoms with Crippen molar-refractivity contribution in [2.24, 2.45) is 0 Å². The van der Waals surface area contributed by atoms with Gasteiger partial charge in [-0.1, -0.05) is 24.3 Å². The van der Waals surface area contributed by atoms with Gasteiger partial charge in [-0.15, -0.1) is 0 Å². The third-order valence-corrected chi connectivity index (χ3v) is 4.09. The number of rotatable bonds is 2. The molecule has 0 heterocycles. The summed E-state index contributed by atoms with van der Waals surface area (Å²) in [5, 5.41) is 3.36. The van der Waals surface area contributed by atoms with Gasteiger partial charge in [0.05, 0.1) is 0 Å². The van der Waals surface area contributed by atoms with E-state index in [1.807, 2.05) is 26.1 Å². The molecule has 3 rings (SSSR count). The highest BCUT2D eigenvalue weighted by Crippen LogP contribution is 2.37. The second-order valence-electron chi connectivity index (χ2n) is 5.22. The van der Waals surface area contributed by atoms with Gasteiger partial charge in [0.25, 0.3) is 0 Å². The Bertz CT molecular complexity index is 619. The fourth-order valence-corrected chi connectivity index (χ4v) is 3.04. The molecule has 0 aromatic heterocycles. The summed E-state index contributed by atoms with van der Waals surface area (Å²) in [6, 6.07) is 12.3. The Morgan fingerprint density at radius 2 is 2.05 bits per heavy atom. The van der Waals surface area contributed by atoms with Crippen LogP contribution in [0.15, 0.2) is 36.4 Å². The van der Waals surface area contributed by atoms with Gasteiger partial charge >= 0.3 is 0 Å². The van der Waals surface area contributed by atoms with E-state index in [0.717, 1.165) is 18.4 Å². The molecule has 1 unspecified atom stereocenters. The molecule has 19 heavy (non-hydrogen) atoms. The Morgan fingerprint density at radius 1 is 1.21 bits per heavy atom. The lowest BCUT2D eigenvalue weighted by Gasteiger charge is -2.12. The van der Waals surface area contributed by atoms with Crippen LogP contribution in [0.5, 0.6) is 0 Å². The van der Waals surface area contributed by atoms with Crippen LogP contribution in [0.4, 0.5) is 4.39 Å². The van der Waals surface area contributed by atoms with Crippen molar-refractivity contribution in [3.63, 3.8) is 0 Å². The van der Waals surface area contributed by atoms with Crippen LogP contribution >= 0.6 is 0 Å². The van der Waals surface area contributed by atoms with Crippen molar-refractivity contribution in [1.29, 1.82) is 0 Å². The largest absolute Gasteiger partial charge is 0.313 e. The van der Waals surface area contributed by atoms with Crippen molar-refractivity contribution in [2.75, 3.05) is 7.05 Å². The van der Waals surface area contributed by atoms with Crippen molar-refractivity contribution >= 4 is 0 Å². The fraction of sp³-hybridized carbons (Fsp3) is 0.294. The van der Waals surface area contributed by atoms with Crippen LogP contribution in [0.25, 0.3) is 11.1 Å². The highest BCUT2D eigenvalue weighted by Gasteiger charge is 2.23. The average molecular weight is 255 g/mol. The first-order valence-electron chi connectivity index (χ1n) is 6.76. The monoisotopic (exact) mass is 255 g/mol. The number of benzene rings is 2. The molecule has 0 saturated heterocycles. The van der Waals surface area contributed by atoms with E-state index in [0.29, 0.717) is 11.6 Å². The van der Waals surface area contributed by atoms with E-state index < -0.39 is 0 Å². The Morgan fingerprint density at radius 3 is 2.79 bits per heavy atom. The van der Waals surface area contributed by atoms with Gasteiger partial charge in [0.2, 0.25) is 0 Å². The molecule has 1 nitrogen and oxygen atoms in total. The second-order valence-corrected chi connectivity index (χ2v) is 5.22. The molecule has 1 atom stereocenters. The van der Waals surface area contributed by atoms with Crippen molar-refractivity contribution in [3.05, 3.63) is 58.9 Å². The maximum atomic E-state index is 13.4. The zero-order valence-corrected chi connectivity index (χ0v) is 11.3. The minimum Gasteiger partial charge on any atom is -0.313 e. The van der Waals surface area contributed by atoms with Crippen LogP contribution in [0.3, 0.4) is 0 Å². The summed E-state index contributed by atoms with van der Waals surface area (Å²) in [5.41, 5.74) is 5.87. The first kappa shape index (κ1) is 12.4. The van der Waals surface area contributed by atoms with E-state index in [1.165, 1.54) is 16.7 Å². The topological polar surface area (TPSA) is 12.0 Å². The predicted octanol–water partition coefficient (Wildman–Crippen LogP) is 4.01. The minimum atomic E-state index is -0.135. The summed E-state index contributed by atoms with van der Waals surface area (Å²) in [7, 11) is 2.01. The van der Waals surface area contributed by atoms with Crippen LogP contribution in [0, 0.1) is 12.7 Å². The van der Waals surface area contributed by atoms with Gasteiger partial charge in [-0.2, -0.15) is 0 Å². The molecule has 2 aromatic rings. The lowest BCUT2D eigenvalue weighted by Crippen LogP contribution is -2.12. The Balaban J connectivity index is 2.11. The van der Waals surface area contributed by atoms with E-state index in [1.54, 1.807) is 6.07 Å². The number of hydrogen-bond acceptors (Lipinski definition) is 1. The van der Waals surface area contributed by atoms with E-state index in [4.69, 9.17) is 0 Å². The maximum absolute atomic E-state index is 13.4. The Hall–Kier alpha value is -1.67. The quantitative estimate of drug-likeness (QED) is 0.855. The summed E-state index contributed by atoms with van der Waals surface area (Å²) >= 11 is 0. The third kappa shape index (κ3) is 2.06. The SMILES string of the molecule is CNC1CCc2c(-c3ccc(F)c(C)c3)cccc21. The summed E-state index contributed by atoms with van der Waals surface area (Å²) in [4.78, 5) is 0. The minimum absolute atomic E-state index is 0.135. The van der Waals surface area contributed by atoms with Crippen molar-refractivity contribution in [1.82, 2.24) is 5.32 Å². The molecule has 1 aliphatic carbocycles. The molecular formula is C17H18FN. The summed E-state index contributed by atoms with van der Waals surface area (Å²) in [6.45, 7) is 1.82. The molecule has 98 valence electrons. The van der Waals surface area contributed by atoms with Gasteiger partial charge in [0.1, 0.15) is 5.82 Å². The number of hydrogen-bond donors (Lipinski definition) is 1. The first-order chi connectivity index (χ1) is 9.20. The van der Waals surface area contributed by atoms with Gasteiger partial charge in [-0.05, 0) is 66.8 Å². The smallest absolute Gasteiger partial charge is 0.126 e. The zero-order chi connectivity index (χ0) is 13.4. The molecule has 0 amide bonds. The molecule has 1 aliphatic rings. The second kappa shape index (κ2) is 4.78. The van der Waals surface area contributed by atoms with Crippen molar-refractivity contribution in [3.8, 4) is 11.1 Å². The molecule has 0 saturated carbocycles. The van der Waals surface area contributed by atoms with Crippen LogP contribution in [-0.2, 0) is 6.42 Å². The maximum Gasteiger partial charge on any atom is 0.126 e. The van der Waals surface area contributed by atoms with Crippen LogP contribution in [0.2, 0.25) is 0 Å². The van der Waals surface area contributed by atoms with Gasteiger partial charge in [0.15, 0.2) is 0 Å². The number of halogens is 1. The Kier molecular flexibility index (Phi) is 3.11. The molecule has 1 N–H and O–H groups in total. The van der Waals surface area contributed by atoms with Crippen molar-refractivity contribution < 1.29 is 4.39 Å². The molecule has 2 heteroatoms. The zero-order valence-electron chi connectivity index (χ0n) is 11.3. The Labute approximate surface area is 113 Å². The number of fused-ring (bicyclic) bond motifs is 1. The van der Waals surface area contributed by atoms with E-state index in [9.17, 15) is 4.39 Å². The molecule has 0 radical (unpaired) electrons. The third-order valence-electron chi connectivity index (χ3n) is 4.09. The fourth-order valence-electron chi connectivity index (χ4n) is 3.04. The average Bonchev–Trinajstić information content (AvgIpc) is 2.85. The molecule has 0 spiro atoms. The van der Waals surface area contributed by atoms with Gasteiger partial charge in [-0.3, -0.25) is 0 Å². The van der Waals surface area contributed by atoms with Gasteiger partial charge in [-0.25, -0.2) is 4.39 Å². The highest BCUT2D eigenvalue weighted by molar-refractivity contribution is 5.70. The molecular weight excluding hydrogens is 237 g/mol. The van der Waals surface area contributed by atoms with Gasteiger partial charge in [0, 0.05) is 6.04 Å². The summed E-state index contributed by atoms with van der Waals surface area (Å²) in [5.74, 6) is -0.135. The van der Waals surface area contributed by atoms with Crippen LogP contribution in [-0.4, -0.2) is 7.05 Å². The lowest BCUT2D eigenvalue weighted by atomic mass is 9.95. The highest BCUT2D eigenvalue weighted by atomic mass is 19.1. The summed E-state index contributed by atoms with van der Waals surface area (Å²) in [6.07, 6.45) is 2.23. The van der Waals surface area contributed by atoms with Crippen molar-refractivity contribution in [2.45, 2.75) is 25.8 Å². The molecule has 2 aromatic carbocycles. The normalized spacial score (nSPS) is 17.5. The van der Waals surface area contributed by atoms with Crippen LogP contribution in [0.1, 0.15) is 29.2 Å². The predicted molar refractivity (Wildman–Crippen MR) is 76.7 cm³/mol. The van der Waals surface area contributed by atoms with E-state index in [-0.39, 0.29) is 5.82 Å². The van der Waals surface area contributed by atoms with Gasteiger partial charge < -0.3 is 5.32 Å².